The number of ether oxygens (including phenoxy) is 1. The monoisotopic (exact) mass is 265 g/mol. The molecule has 0 amide bonds. The van der Waals surface area contributed by atoms with Gasteiger partial charge in [-0.25, -0.2) is 4.98 Å². The van der Waals surface area contributed by atoms with Crippen LogP contribution in [-0.2, 0) is 13.0 Å². The molecule has 2 rings (SSSR count). The van der Waals surface area contributed by atoms with Gasteiger partial charge in [0, 0.05) is 41.7 Å². The maximum atomic E-state index is 5.23. The van der Waals surface area contributed by atoms with Gasteiger partial charge in [-0.15, -0.1) is 11.3 Å². The van der Waals surface area contributed by atoms with Crippen LogP contribution in [0.15, 0.2) is 23.8 Å². The van der Waals surface area contributed by atoms with Crippen LogP contribution < -0.4 is 10.1 Å². The van der Waals surface area contributed by atoms with Crippen molar-refractivity contribution in [2.24, 2.45) is 0 Å². The minimum Gasteiger partial charge on any atom is -0.496 e. The van der Waals surface area contributed by atoms with Gasteiger partial charge < -0.3 is 14.6 Å². The van der Waals surface area contributed by atoms with Gasteiger partial charge in [0.15, 0.2) is 0 Å². The smallest absolute Gasteiger partial charge is 0.129 e. The second-order valence-corrected chi connectivity index (χ2v) is 5.01. The lowest BCUT2D eigenvalue weighted by Gasteiger charge is -2.14. The molecule has 0 aliphatic carbocycles. The van der Waals surface area contributed by atoms with Crippen molar-refractivity contribution >= 4 is 11.3 Å². The maximum absolute atomic E-state index is 5.23. The Morgan fingerprint density at radius 1 is 1.56 bits per heavy atom. The third kappa shape index (κ3) is 2.73. The molecular weight excluding hydrogens is 246 g/mol. The van der Waals surface area contributed by atoms with E-state index in [4.69, 9.17) is 4.74 Å². The Balaban J connectivity index is 2.14. The lowest BCUT2D eigenvalue weighted by atomic mass is 10.1. The summed E-state index contributed by atoms with van der Waals surface area (Å²) in [4.78, 5) is 5.70. The van der Waals surface area contributed by atoms with E-state index in [0.717, 1.165) is 24.5 Å². The number of methoxy groups -OCH3 is 1. The molecule has 0 saturated carbocycles. The van der Waals surface area contributed by atoms with Crippen LogP contribution in [0, 0.1) is 0 Å². The highest BCUT2D eigenvalue weighted by Crippen LogP contribution is 2.28. The van der Waals surface area contributed by atoms with Crippen molar-refractivity contribution in [1.29, 1.82) is 0 Å². The summed E-state index contributed by atoms with van der Waals surface area (Å²) >= 11 is 1.72. The molecule has 0 spiro atoms. The Morgan fingerprint density at radius 3 is 3.00 bits per heavy atom. The first kappa shape index (κ1) is 13.1. The standard InChI is InChI=1S/C13H19N3OS/c1-4-16-6-5-15-13(16)8-11(14-2)12-7-10(17-3)9-18-12/h5-7,9,11,14H,4,8H2,1-3H3. The Hall–Kier alpha value is -1.33. The van der Waals surface area contributed by atoms with Crippen molar-refractivity contribution in [2.45, 2.75) is 25.9 Å². The zero-order valence-corrected chi connectivity index (χ0v) is 11.8. The number of imidazole rings is 1. The first-order valence-corrected chi connectivity index (χ1v) is 6.96. The van der Waals surface area contributed by atoms with E-state index in [1.165, 1.54) is 4.88 Å². The van der Waals surface area contributed by atoms with Gasteiger partial charge in [0.25, 0.3) is 0 Å². The highest BCUT2D eigenvalue weighted by molar-refractivity contribution is 7.10. The minimum absolute atomic E-state index is 0.284. The van der Waals surface area contributed by atoms with Crippen molar-refractivity contribution in [3.05, 3.63) is 34.5 Å². The molecule has 1 N–H and O–H groups in total. The number of hydrogen-bond acceptors (Lipinski definition) is 4. The zero-order chi connectivity index (χ0) is 13.0. The van der Waals surface area contributed by atoms with E-state index in [0.29, 0.717) is 0 Å². The molecule has 0 bridgehead atoms. The van der Waals surface area contributed by atoms with Gasteiger partial charge in [-0.3, -0.25) is 0 Å². The van der Waals surface area contributed by atoms with E-state index in [1.54, 1.807) is 18.4 Å². The maximum Gasteiger partial charge on any atom is 0.129 e. The summed E-state index contributed by atoms with van der Waals surface area (Å²) in [5.41, 5.74) is 0. The van der Waals surface area contributed by atoms with E-state index >= 15 is 0 Å². The van der Waals surface area contributed by atoms with Crippen molar-refractivity contribution in [1.82, 2.24) is 14.9 Å². The van der Waals surface area contributed by atoms with Crippen LogP contribution in [-0.4, -0.2) is 23.7 Å². The van der Waals surface area contributed by atoms with Crippen molar-refractivity contribution < 1.29 is 4.74 Å². The largest absolute Gasteiger partial charge is 0.496 e. The molecule has 0 radical (unpaired) electrons. The molecule has 98 valence electrons. The van der Waals surface area contributed by atoms with E-state index in [9.17, 15) is 0 Å². The lowest BCUT2D eigenvalue weighted by Crippen LogP contribution is -2.19. The molecule has 5 heteroatoms. The number of likely N-dealkylation sites (N-methyl/N-ethyl adjacent to an activating group) is 1. The second-order valence-electron chi connectivity index (χ2n) is 4.06. The van der Waals surface area contributed by atoms with E-state index in [1.807, 2.05) is 24.8 Å². The van der Waals surface area contributed by atoms with Crippen molar-refractivity contribution in [2.75, 3.05) is 14.2 Å². The Kier molecular flexibility index (Phi) is 4.38. The average molecular weight is 265 g/mol. The predicted molar refractivity (Wildman–Crippen MR) is 74.3 cm³/mol. The van der Waals surface area contributed by atoms with Gasteiger partial charge in [-0.2, -0.15) is 0 Å². The molecule has 2 heterocycles. The molecule has 0 aliphatic rings. The fourth-order valence-electron chi connectivity index (χ4n) is 1.97. The summed E-state index contributed by atoms with van der Waals surface area (Å²) < 4.78 is 7.41. The number of nitrogens with one attached hydrogen (secondary N) is 1. The van der Waals surface area contributed by atoms with Crippen LogP contribution >= 0.6 is 11.3 Å². The van der Waals surface area contributed by atoms with Crippen LogP contribution in [0.4, 0.5) is 0 Å². The van der Waals surface area contributed by atoms with Crippen molar-refractivity contribution in [3.63, 3.8) is 0 Å². The number of aryl methyl sites for hydroxylation is 1. The van der Waals surface area contributed by atoms with Crippen LogP contribution in [0.2, 0.25) is 0 Å². The molecule has 4 nitrogen and oxygen atoms in total. The Bertz CT molecular complexity index is 492. The van der Waals surface area contributed by atoms with Crippen LogP contribution in [0.3, 0.4) is 0 Å². The molecule has 18 heavy (non-hydrogen) atoms. The van der Waals surface area contributed by atoms with E-state index in [-0.39, 0.29) is 6.04 Å². The average Bonchev–Trinajstić information content (AvgIpc) is 3.04. The van der Waals surface area contributed by atoms with Crippen LogP contribution in [0.25, 0.3) is 0 Å². The summed E-state index contributed by atoms with van der Waals surface area (Å²) in [6.07, 6.45) is 4.78. The van der Waals surface area contributed by atoms with Crippen molar-refractivity contribution in [3.8, 4) is 5.75 Å². The third-order valence-electron chi connectivity index (χ3n) is 3.05. The van der Waals surface area contributed by atoms with Gasteiger partial charge in [0.1, 0.15) is 11.6 Å². The molecular formula is C13H19N3OS. The number of aromatic nitrogens is 2. The van der Waals surface area contributed by atoms with Gasteiger partial charge >= 0.3 is 0 Å². The highest BCUT2D eigenvalue weighted by atomic mass is 32.1. The van der Waals surface area contributed by atoms with Gasteiger partial charge in [-0.1, -0.05) is 0 Å². The molecule has 1 atom stereocenters. The van der Waals surface area contributed by atoms with Crippen LogP contribution in [0.5, 0.6) is 5.75 Å². The minimum atomic E-state index is 0.284. The summed E-state index contributed by atoms with van der Waals surface area (Å²) in [6.45, 7) is 3.09. The quantitative estimate of drug-likeness (QED) is 0.872. The van der Waals surface area contributed by atoms with Gasteiger partial charge in [0.05, 0.1) is 7.11 Å². The molecule has 0 aromatic carbocycles. The Morgan fingerprint density at radius 2 is 2.39 bits per heavy atom. The van der Waals surface area contributed by atoms with Crippen LogP contribution in [0.1, 0.15) is 23.7 Å². The molecule has 0 aliphatic heterocycles. The van der Waals surface area contributed by atoms with Gasteiger partial charge in [-0.05, 0) is 20.0 Å². The second kappa shape index (κ2) is 6.02. The topological polar surface area (TPSA) is 39.1 Å². The summed E-state index contributed by atoms with van der Waals surface area (Å²) in [7, 11) is 3.68. The highest BCUT2D eigenvalue weighted by Gasteiger charge is 2.15. The molecule has 2 aromatic heterocycles. The Labute approximate surface area is 112 Å². The third-order valence-corrected chi connectivity index (χ3v) is 4.08. The summed E-state index contributed by atoms with van der Waals surface area (Å²) in [6, 6.07) is 2.37. The molecule has 0 fully saturated rings. The summed E-state index contributed by atoms with van der Waals surface area (Å²) in [5, 5.41) is 5.38. The van der Waals surface area contributed by atoms with E-state index in [2.05, 4.69) is 27.9 Å². The number of rotatable bonds is 6. The normalized spacial score (nSPS) is 12.6. The summed E-state index contributed by atoms with van der Waals surface area (Å²) in [5.74, 6) is 2.04. The predicted octanol–water partition coefficient (Wildman–Crippen LogP) is 2.48. The number of hydrogen-bond donors (Lipinski definition) is 1. The lowest BCUT2D eigenvalue weighted by molar-refractivity contribution is 0.416. The fraction of sp³-hybridized carbons (Fsp3) is 0.462. The molecule has 1 unspecified atom stereocenters. The molecule has 0 saturated heterocycles. The van der Waals surface area contributed by atoms with Gasteiger partial charge in [0.2, 0.25) is 0 Å². The van der Waals surface area contributed by atoms with E-state index < -0.39 is 0 Å². The first-order valence-electron chi connectivity index (χ1n) is 6.08. The molecule has 2 aromatic rings. The zero-order valence-electron chi connectivity index (χ0n) is 11.0. The fourth-order valence-corrected chi connectivity index (χ4v) is 2.94. The number of thiophene rings is 1. The SMILES string of the molecule is CCn1ccnc1CC(NC)c1cc(OC)cs1. The number of nitrogens with zero attached hydrogens (tertiary/aromatic N) is 2. The first-order chi connectivity index (χ1) is 8.78.